The SMILES string of the molecule is CC1CCCN(C(=O)c2cc(NCCC3=CCCCC3)ncn2)C1. The second-order valence-corrected chi connectivity index (χ2v) is 7.07. The molecule has 1 aliphatic heterocycles. The fraction of sp³-hybridized carbons (Fsp3) is 0.632. The molecule has 1 aromatic rings. The molecule has 0 saturated carbocycles. The van der Waals surface area contributed by atoms with Crippen LogP contribution < -0.4 is 5.32 Å². The summed E-state index contributed by atoms with van der Waals surface area (Å²) in [5.74, 6) is 1.35. The number of aromatic nitrogens is 2. The van der Waals surface area contributed by atoms with Crippen LogP contribution in [0.2, 0.25) is 0 Å². The first-order valence-electron chi connectivity index (χ1n) is 9.25. The van der Waals surface area contributed by atoms with Gasteiger partial charge < -0.3 is 10.2 Å². The van der Waals surface area contributed by atoms with Gasteiger partial charge in [-0.15, -0.1) is 0 Å². The summed E-state index contributed by atoms with van der Waals surface area (Å²) in [6.45, 7) is 4.73. The topological polar surface area (TPSA) is 58.1 Å². The zero-order valence-corrected chi connectivity index (χ0v) is 14.6. The van der Waals surface area contributed by atoms with Crippen molar-refractivity contribution in [2.75, 3.05) is 25.0 Å². The van der Waals surface area contributed by atoms with E-state index in [1.165, 1.54) is 38.4 Å². The lowest BCUT2D eigenvalue weighted by Crippen LogP contribution is -2.39. The zero-order chi connectivity index (χ0) is 16.8. The molecule has 1 amide bonds. The lowest BCUT2D eigenvalue weighted by atomic mass is 9.97. The van der Waals surface area contributed by atoms with E-state index in [1.54, 1.807) is 11.6 Å². The summed E-state index contributed by atoms with van der Waals surface area (Å²) in [7, 11) is 0. The molecule has 1 N–H and O–H groups in total. The fourth-order valence-electron chi connectivity index (χ4n) is 3.59. The Morgan fingerprint density at radius 2 is 2.25 bits per heavy atom. The van der Waals surface area contributed by atoms with E-state index in [-0.39, 0.29) is 5.91 Å². The molecule has 2 aliphatic rings. The number of piperidine rings is 1. The molecule has 5 heteroatoms. The normalized spacial score (nSPS) is 21.3. The number of hydrogen-bond donors (Lipinski definition) is 1. The molecule has 1 saturated heterocycles. The van der Waals surface area contributed by atoms with E-state index < -0.39 is 0 Å². The summed E-state index contributed by atoms with van der Waals surface area (Å²) in [5, 5.41) is 3.34. The van der Waals surface area contributed by atoms with Gasteiger partial charge in [0.25, 0.3) is 5.91 Å². The van der Waals surface area contributed by atoms with Gasteiger partial charge in [0.1, 0.15) is 17.8 Å². The quantitative estimate of drug-likeness (QED) is 0.838. The average molecular weight is 328 g/mol. The van der Waals surface area contributed by atoms with Crippen LogP contribution in [0.4, 0.5) is 5.82 Å². The summed E-state index contributed by atoms with van der Waals surface area (Å²) in [6.07, 6.45) is 12.3. The van der Waals surface area contributed by atoms with Gasteiger partial charge in [0.15, 0.2) is 0 Å². The van der Waals surface area contributed by atoms with Gasteiger partial charge >= 0.3 is 0 Å². The van der Waals surface area contributed by atoms with E-state index in [0.29, 0.717) is 11.6 Å². The maximum Gasteiger partial charge on any atom is 0.272 e. The first-order valence-corrected chi connectivity index (χ1v) is 9.25. The lowest BCUT2D eigenvalue weighted by Gasteiger charge is -2.30. The second kappa shape index (κ2) is 8.27. The molecular formula is C19H28N4O. The monoisotopic (exact) mass is 328 g/mol. The van der Waals surface area contributed by atoms with Gasteiger partial charge in [-0.05, 0) is 50.9 Å². The molecule has 5 nitrogen and oxygen atoms in total. The summed E-state index contributed by atoms with van der Waals surface area (Å²) >= 11 is 0. The molecule has 0 radical (unpaired) electrons. The van der Waals surface area contributed by atoms with Crippen LogP contribution >= 0.6 is 0 Å². The van der Waals surface area contributed by atoms with Crippen LogP contribution in [0.5, 0.6) is 0 Å². The van der Waals surface area contributed by atoms with Crippen LogP contribution in [0.1, 0.15) is 62.4 Å². The molecule has 1 aromatic heterocycles. The van der Waals surface area contributed by atoms with Gasteiger partial charge in [-0.25, -0.2) is 9.97 Å². The first-order chi connectivity index (χ1) is 11.7. The highest BCUT2D eigenvalue weighted by molar-refractivity contribution is 5.93. The molecule has 1 unspecified atom stereocenters. The van der Waals surface area contributed by atoms with Gasteiger partial charge in [-0.3, -0.25) is 4.79 Å². The van der Waals surface area contributed by atoms with Crippen molar-refractivity contribution in [2.24, 2.45) is 5.92 Å². The number of rotatable bonds is 5. The van der Waals surface area contributed by atoms with Crippen molar-refractivity contribution in [1.82, 2.24) is 14.9 Å². The molecule has 1 aliphatic carbocycles. The van der Waals surface area contributed by atoms with Crippen LogP contribution in [0.3, 0.4) is 0 Å². The highest BCUT2D eigenvalue weighted by Crippen LogP contribution is 2.20. The smallest absolute Gasteiger partial charge is 0.272 e. The van der Waals surface area contributed by atoms with Crippen LogP contribution in [-0.2, 0) is 0 Å². The fourth-order valence-corrected chi connectivity index (χ4v) is 3.59. The summed E-state index contributed by atoms with van der Waals surface area (Å²) in [6, 6.07) is 1.79. The molecule has 2 heterocycles. The number of amides is 1. The van der Waals surface area contributed by atoms with E-state index in [1.807, 2.05) is 4.90 Å². The number of nitrogens with one attached hydrogen (secondary N) is 1. The largest absolute Gasteiger partial charge is 0.370 e. The Kier molecular flexibility index (Phi) is 5.83. The van der Waals surface area contributed by atoms with Gasteiger partial charge in [0.2, 0.25) is 0 Å². The predicted molar refractivity (Wildman–Crippen MR) is 96.0 cm³/mol. The van der Waals surface area contributed by atoms with E-state index >= 15 is 0 Å². The Bertz CT molecular complexity index is 599. The van der Waals surface area contributed by atoms with Crippen LogP contribution in [0.15, 0.2) is 24.0 Å². The van der Waals surface area contributed by atoms with Crippen LogP contribution in [-0.4, -0.2) is 40.4 Å². The Hall–Kier alpha value is -1.91. The summed E-state index contributed by atoms with van der Waals surface area (Å²) in [4.78, 5) is 23.0. The standard InChI is InChI=1S/C19H28N4O/c1-15-6-5-11-23(13-15)19(24)17-12-18(22-14-21-17)20-10-9-16-7-3-2-4-8-16/h7,12,14-15H,2-6,8-11,13H2,1H3,(H,20,21,22). The molecule has 1 atom stereocenters. The molecule has 24 heavy (non-hydrogen) atoms. The van der Waals surface area contributed by atoms with E-state index in [0.717, 1.165) is 38.3 Å². The second-order valence-electron chi connectivity index (χ2n) is 7.07. The van der Waals surface area contributed by atoms with E-state index in [4.69, 9.17) is 0 Å². The summed E-state index contributed by atoms with van der Waals surface area (Å²) in [5.41, 5.74) is 2.04. The zero-order valence-electron chi connectivity index (χ0n) is 14.6. The molecule has 1 fully saturated rings. The predicted octanol–water partition coefficient (Wildman–Crippen LogP) is 3.65. The van der Waals surface area contributed by atoms with Crippen molar-refractivity contribution in [2.45, 2.75) is 51.9 Å². The van der Waals surface area contributed by atoms with Gasteiger partial charge in [0.05, 0.1) is 0 Å². The molecule has 0 spiro atoms. The number of anilines is 1. The number of nitrogens with zero attached hydrogens (tertiary/aromatic N) is 3. The molecule has 130 valence electrons. The van der Waals surface area contributed by atoms with Crippen molar-refractivity contribution in [1.29, 1.82) is 0 Å². The third-order valence-corrected chi connectivity index (χ3v) is 4.97. The van der Waals surface area contributed by atoms with Crippen molar-refractivity contribution in [3.05, 3.63) is 29.7 Å². The third kappa shape index (κ3) is 4.56. The Labute approximate surface area is 144 Å². The van der Waals surface area contributed by atoms with Gasteiger partial charge in [-0.1, -0.05) is 18.6 Å². The average Bonchev–Trinajstić information content (AvgIpc) is 2.62. The van der Waals surface area contributed by atoms with Crippen molar-refractivity contribution < 1.29 is 4.79 Å². The third-order valence-electron chi connectivity index (χ3n) is 4.97. The highest BCUT2D eigenvalue weighted by Gasteiger charge is 2.23. The maximum atomic E-state index is 12.6. The maximum absolute atomic E-state index is 12.6. The number of allylic oxidation sites excluding steroid dienone is 1. The van der Waals surface area contributed by atoms with Crippen molar-refractivity contribution in [3.8, 4) is 0 Å². The van der Waals surface area contributed by atoms with Crippen LogP contribution in [0.25, 0.3) is 0 Å². The van der Waals surface area contributed by atoms with Crippen molar-refractivity contribution >= 4 is 11.7 Å². The van der Waals surface area contributed by atoms with E-state index in [9.17, 15) is 4.79 Å². The van der Waals surface area contributed by atoms with E-state index in [2.05, 4.69) is 28.3 Å². The number of likely N-dealkylation sites (tertiary alicyclic amines) is 1. The van der Waals surface area contributed by atoms with Gasteiger partial charge in [-0.2, -0.15) is 0 Å². The van der Waals surface area contributed by atoms with Crippen molar-refractivity contribution in [3.63, 3.8) is 0 Å². The number of carbonyl (C=O) groups is 1. The molecule has 0 bridgehead atoms. The molecule has 3 rings (SSSR count). The highest BCUT2D eigenvalue weighted by atomic mass is 16.2. The van der Waals surface area contributed by atoms with Gasteiger partial charge in [0, 0.05) is 25.7 Å². The number of carbonyl (C=O) groups excluding carboxylic acids is 1. The minimum absolute atomic E-state index is 0.0296. The minimum Gasteiger partial charge on any atom is -0.370 e. The Morgan fingerprint density at radius 1 is 1.33 bits per heavy atom. The minimum atomic E-state index is 0.0296. The number of hydrogen-bond acceptors (Lipinski definition) is 4. The first kappa shape index (κ1) is 16.9. The Balaban J connectivity index is 1.55. The molecular weight excluding hydrogens is 300 g/mol. The molecule has 0 aromatic carbocycles. The Morgan fingerprint density at radius 3 is 3.04 bits per heavy atom. The summed E-state index contributed by atoms with van der Waals surface area (Å²) < 4.78 is 0. The lowest BCUT2D eigenvalue weighted by molar-refractivity contribution is 0.0677. The van der Waals surface area contributed by atoms with Crippen LogP contribution in [0, 0.1) is 5.92 Å².